The monoisotopic (exact) mass is 500 g/mol. The zero-order chi connectivity index (χ0) is 26.4. The predicted molar refractivity (Wildman–Crippen MR) is 151 cm³/mol. The van der Waals surface area contributed by atoms with E-state index in [1.165, 1.54) is 0 Å². The summed E-state index contributed by atoms with van der Waals surface area (Å²) in [5.74, 6) is -0.153. The number of quaternary nitrogens is 1. The highest BCUT2D eigenvalue weighted by molar-refractivity contribution is 5.95. The number of amides is 1. The van der Waals surface area contributed by atoms with E-state index in [0.29, 0.717) is 12.1 Å². The second kappa shape index (κ2) is 11.7. The number of carbonyl (C=O) groups is 1. The lowest BCUT2D eigenvalue weighted by atomic mass is 10.0. The molecule has 0 aliphatic carbocycles. The molecule has 0 fully saturated rings. The van der Waals surface area contributed by atoms with E-state index in [0.717, 1.165) is 57.7 Å². The van der Waals surface area contributed by atoms with Crippen molar-refractivity contribution in [3.05, 3.63) is 94.1 Å². The molecular formula is C31H38N3O3+. The van der Waals surface area contributed by atoms with Gasteiger partial charge in [-0.2, -0.15) is 0 Å². The van der Waals surface area contributed by atoms with Crippen LogP contribution in [0.15, 0.2) is 77.6 Å². The molecule has 1 unspecified atom stereocenters. The number of aromatic nitrogens is 1. The molecule has 0 spiro atoms. The molecule has 37 heavy (non-hydrogen) atoms. The molecule has 1 amide bonds. The van der Waals surface area contributed by atoms with Crippen LogP contribution in [0.2, 0.25) is 0 Å². The fourth-order valence-corrected chi connectivity index (χ4v) is 5.34. The molecule has 0 bridgehead atoms. The zero-order valence-corrected chi connectivity index (χ0v) is 22.1. The van der Waals surface area contributed by atoms with Gasteiger partial charge in [-0.3, -0.25) is 9.59 Å². The van der Waals surface area contributed by atoms with E-state index >= 15 is 0 Å². The average molecular weight is 501 g/mol. The third-order valence-corrected chi connectivity index (χ3v) is 7.13. The van der Waals surface area contributed by atoms with Crippen LogP contribution in [0.5, 0.6) is 0 Å². The largest absolute Gasteiger partial charge is 0.395 e. The molecule has 4 aromatic rings. The molecule has 1 aromatic heterocycles. The number of fused-ring (bicyclic) bond motifs is 2. The summed E-state index contributed by atoms with van der Waals surface area (Å²) in [5, 5.41) is 13.4. The Kier molecular flexibility index (Phi) is 8.41. The van der Waals surface area contributed by atoms with Gasteiger partial charge in [0.1, 0.15) is 6.54 Å². The van der Waals surface area contributed by atoms with Gasteiger partial charge in [-0.25, -0.2) is 0 Å². The van der Waals surface area contributed by atoms with Crippen LogP contribution in [0.3, 0.4) is 0 Å². The summed E-state index contributed by atoms with van der Waals surface area (Å²) in [6.07, 6.45) is 2.99. The smallest absolute Gasteiger partial charge is 0.251 e. The lowest BCUT2D eigenvalue weighted by Crippen LogP contribution is -2.41. The topological polar surface area (TPSA) is 71.3 Å². The summed E-state index contributed by atoms with van der Waals surface area (Å²) in [7, 11) is 4.40. The van der Waals surface area contributed by atoms with Gasteiger partial charge in [-0.05, 0) is 36.8 Å². The molecule has 0 radical (unpaired) electrons. The number of aliphatic hydroxyl groups is 1. The molecule has 0 saturated heterocycles. The number of hydrogen-bond donors (Lipinski definition) is 2. The first-order valence-electron chi connectivity index (χ1n) is 13.2. The van der Waals surface area contributed by atoms with Gasteiger partial charge in [0.05, 0.1) is 38.3 Å². The summed E-state index contributed by atoms with van der Waals surface area (Å²) in [4.78, 5) is 25.9. The molecule has 3 aromatic carbocycles. The Labute approximate surface area is 218 Å². The highest BCUT2D eigenvalue weighted by atomic mass is 16.3. The number of nitrogens with zero attached hydrogens (tertiary/aromatic N) is 2. The summed E-state index contributed by atoms with van der Waals surface area (Å²) >= 11 is 0. The van der Waals surface area contributed by atoms with Crippen LogP contribution in [-0.4, -0.2) is 53.9 Å². The normalized spacial score (nSPS) is 12.6. The van der Waals surface area contributed by atoms with Crippen molar-refractivity contribution >= 4 is 27.7 Å². The SMILES string of the molecule is CCCC(CC[N+](C)(C)Cc1ccccc1C(=O)NCCO)n1c2ccccc2c(=O)c2ccccc21. The fraction of sp³-hybridized carbons (Fsp3) is 0.355. The van der Waals surface area contributed by atoms with Gasteiger partial charge in [0.25, 0.3) is 5.91 Å². The van der Waals surface area contributed by atoms with Crippen molar-refractivity contribution in [1.29, 1.82) is 0 Å². The van der Waals surface area contributed by atoms with Gasteiger partial charge in [-0.1, -0.05) is 55.8 Å². The van der Waals surface area contributed by atoms with Crippen molar-refractivity contribution in [2.24, 2.45) is 0 Å². The fourth-order valence-electron chi connectivity index (χ4n) is 5.34. The lowest BCUT2D eigenvalue weighted by molar-refractivity contribution is -0.904. The predicted octanol–water partition coefficient (Wildman–Crippen LogP) is 4.88. The summed E-state index contributed by atoms with van der Waals surface area (Å²) < 4.78 is 3.10. The first-order chi connectivity index (χ1) is 17.9. The molecule has 0 saturated carbocycles. The molecule has 1 atom stereocenters. The number of hydrogen-bond acceptors (Lipinski definition) is 3. The zero-order valence-electron chi connectivity index (χ0n) is 22.1. The van der Waals surface area contributed by atoms with Gasteiger partial charge in [0.15, 0.2) is 5.43 Å². The second-order valence-corrected chi connectivity index (χ2v) is 10.4. The minimum Gasteiger partial charge on any atom is -0.395 e. The van der Waals surface area contributed by atoms with Crippen LogP contribution in [0, 0.1) is 0 Å². The third kappa shape index (κ3) is 5.92. The van der Waals surface area contributed by atoms with Gasteiger partial charge < -0.3 is 19.5 Å². The van der Waals surface area contributed by atoms with E-state index in [-0.39, 0.29) is 30.5 Å². The van der Waals surface area contributed by atoms with Gasteiger partial charge >= 0.3 is 0 Å². The van der Waals surface area contributed by atoms with E-state index in [1.807, 2.05) is 60.7 Å². The molecule has 2 N–H and O–H groups in total. The third-order valence-electron chi connectivity index (χ3n) is 7.13. The lowest BCUT2D eigenvalue weighted by Gasteiger charge is -2.33. The highest BCUT2D eigenvalue weighted by Gasteiger charge is 2.24. The average Bonchev–Trinajstić information content (AvgIpc) is 2.90. The van der Waals surface area contributed by atoms with Crippen LogP contribution in [-0.2, 0) is 6.54 Å². The van der Waals surface area contributed by atoms with Crippen LogP contribution < -0.4 is 10.7 Å². The van der Waals surface area contributed by atoms with E-state index in [2.05, 4.69) is 43.0 Å². The minimum atomic E-state index is -0.153. The van der Waals surface area contributed by atoms with Crippen molar-refractivity contribution < 1.29 is 14.4 Å². The van der Waals surface area contributed by atoms with Crippen molar-refractivity contribution in [1.82, 2.24) is 9.88 Å². The number of benzene rings is 3. The highest BCUT2D eigenvalue weighted by Crippen LogP contribution is 2.29. The summed E-state index contributed by atoms with van der Waals surface area (Å²) in [6.45, 7) is 3.99. The van der Waals surface area contributed by atoms with Crippen LogP contribution in [0.4, 0.5) is 0 Å². The van der Waals surface area contributed by atoms with Crippen LogP contribution in [0.1, 0.15) is 48.1 Å². The van der Waals surface area contributed by atoms with E-state index in [4.69, 9.17) is 5.11 Å². The number of rotatable bonds is 11. The standard InChI is InChI=1S/C31H37N3O3/c1-4-11-24(33-28-16-9-7-14-26(28)30(36)27-15-8-10-17-29(27)33)18-20-34(2,3)22-23-12-5-6-13-25(23)31(37)32-19-21-35/h5-10,12-17,24,35H,4,11,18-22H2,1-3H3/p+1. The Morgan fingerprint density at radius 1 is 0.919 bits per heavy atom. The molecular weight excluding hydrogens is 462 g/mol. The van der Waals surface area contributed by atoms with Gasteiger partial charge in [0.2, 0.25) is 0 Å². The molecule has 194 valence electrons. The molecule has 0 aliphatic rings. The van der Waals surface area contributed by atoms with Crippen LogP contribution in [0.25, 0.3) is 21.8 Å². The van der Waals surface area contributed by atoms with Gasteiger partial charge in [-0.15, -0.1) is 0 Å². The maximum absolute atomic E-state index is 13.2. The Morgan fingerprint density at radius 3 is 2.14 bits per heavy atom. The quantitative estimate of drug-likeness (QED) is 0.228. The summed E-state index contributed by atoms with van der Waals surface area (Å²) in [5.41, 5.74) is 3.71. The molecule has 6 nitrogen and oxygen atoms in total. The number of para-hydroxylation sites is 2. The Hall–Kier alpha value is -3.48. The molecule has 4 rings (SSSR count). The molecule has 1 heterocycles. The maximum atomic E-state index is 13.2. The van der Waals surface area contributed by atoms with Gasteiger partial charge in [0, 0.05) is 40.9 Å². The number of pyridine rings is 1. The molecule has 0 aliphatic heterocycles. The van der Waals surface area contributed by atoms with Crippen molar-refractivity contribution in [3.8, 4) is 0 Å². The van der Waals surface area contributed by atoms with Crippen LogP contribution >= 0.6 is 0 Å². The Morgan fingerprint density at radius 2 is 1.51 bits per heavy atom. The summed E-state index contributed by atoms with van der Waals surface area (Å²) in [6, 6.07) is 23.8. The second-order valence-electron chi connectivity index (χ2n) is 10.4. The van der Waals surface area contributed by atoms with Crippen molar-refractivity contribution in [2.75, 3.05) is 33.8 Å². The first-order valence-corrected chi connectivity index (χ1v) is 13.2. The number of carbonyl (C=O) groups excluding carboxylic acids is 1. The minimum absolute atomic E-state index is 0.0807. The van der Waals surface area contributed by atoms with E-state index in [1.54, 1.807) is 0 Å². The number of nitrogens with one attached hydrogen (secondary N) is 1. The molecule has 6 heteroatoms. The first kappa shape index (κ1) is 26.6. The van der Waals surface area contributed by atoms with Crippen molar-refractivity contribution in [2.45, 2.75) is 38.8 Å². The van der Waals surface area contributed by atoms with E-state index < -0.39 is 0 Å². The van der Waals surface area contributed by atoms with E-state index in [9.17, 15) is 9.59 Å². The van der Waals surface area contributed by atoms with Crippen molar-refractivity contribution in [3.63, 3.8) is 0 Å². The number of aliphatic hydroxyl groups excluding tert-OH is 1. The Bertz CT molecular complexity index is 1380. The maximum Gasteiger partial charge on any atom is 0.251 e. The Balaban J connectivity index is 1.64.